The van der Waals surface area contributed by atoms with Gasteiger partial charge in [-0.1, -0.05) is 18.5 Å². The number of ether oxygens (including phenoxy) is 6. The van der Waals surface area contributed by atoms with E-state index in [2.05, 4.69) is 9.97 Å². The van der Waals surface area contributed by atoms with Crippen LogP contribution < -0.4 is 0 Å². The number of hydrogen-bond acceptors (Lipinski definition) is 11. The number of carbonyl (C=O) groups excluding carboxylic acids is 2. The largest absolute Gasteiger partial charge is 0.461 e. The summed E-state index contributed by atoms with van der Waals surface area (Å²) in [6.45, 7) is 8.80. The van der Waals surface area contributed by atoms with E-state index in [0.29, 0.717) is 44.3 Å². The SMILES string of the molecule is CCOC(=O)c1ncc(C2OCCCO2)cc1Cl.CCOC(=O)c1ncc(C2OCCCO2)cc1SCC. The van der Waals surface area contributed by atoms with Crippen molar-refractivity contribution in [1.29, 1.82) is 0 Å². The Morgan fingerprint density at radius 3 is 1.79 bits per heavy atom. The zero-order valence-corrected chi connectivity index (χ0v) is 23.3. The van der Waals surface area contributed by atoms with Crippen LogP contribution in [-0.4, -0.2) is 67.3 Å². The lowest BCUT2D eigenvalue weighted by Crippen LogP contribution is -2.18. The Morgan fingerprint density at radius 2 is 1.32 bits per heavy atom. The predicted octanol–water partition coefficient (Wildman–Crippen LogP) is 5.15. The molecule has 2 aromatic rings. The molecular weight excluding hydrogens is 536 g/mol. The van der Waals surface area contributed by atoms with Crippen LogP contribution in [0.3, 0.4) is 0 Å². The average molecular weight is 569 g/mol. The molecule has 4 heterocycles. The quantitative estimate of drug-likeness (QED) is 0.311. The molecule has 0 spiro atoms. The predicted molar refractivity (Wildman–Crippen MR) is 140 cm³/mol. The zero-order chi connectivity index (χ0) is 27.3. The van der Waals surface area contributed by atoms with E-state index >= 15 is 0 Å². The summed E-state index contributed by atoms with van der Waals surface area (Å²) >= 11 is 7.56. The Bertz CT molecular complexity index is 1060. The molecule has 12 heteroatoms. The van der Waals surface area contributed by atoms with Crippen LogP contribution in [0.4, 0.5) is 0 Å². The first-order chi connectivity index (χ1) is 18.5. The topological polar surface area (TPSA) is 115 Å². The van der Waals surface area contributed by atoms with Gasteiger partial charge in [-0.25, -0.2) is 19.6 Å². The van der Waals surface area contributed by atoms with Gasteiger partial charge in [0.1, 0.15) is 0 Å². The fourth-order valence-corrected chi connectivity index (χ4v) is 4.55. The molecule has 0 aromatic carbocycles. The standard InChI is InChI=1S/C14H19NO4S.C12H14ClNO4/c1-3-17-13(16)12-11(20-4-2)8-10(9-15-12)14-18-6-5-7-19-14;1-2-16-11(15)10-9(13)6-8(7-14-10)12-17-4-3-5-18-12/h8-9,14H,3-7H2,1-2H3;6-7,12H,2-5H2,1H3. The zero-order valence-electron chi connectivity index (χ0n) is 21.8. The molecule has 0 bridgehead atoms. The number of pyridine rings is 2. The van der Waals surface area contributed by atoms with E-state index in [1.165, 1.54) is 6.20 Å². The van der Waals surface area contributed by atoms with Gasteiger partial charge in [0.2, 0.25) is 0 Å². The van der Waals surface area contributed by atoms with Crippen LogP contribution in [-0.2, 0) is 28.4 Å². The molecule has 0 aliphatic carbocycles. The third-order valence-electron chi connectivity index (χ3n) is 5.17. The second-order valence-corrected chi connectivity index (χ2v) is 9.66. The Morgan fingerprint density at radius 1 is 0.842 bits per heavy atom. The van der Waals surface area contributed by atoms with E-state index < -0.39 is 12.3 Å². The highest BCUT2D eigenvalue weighted by atomic mass is 35.5. The van der Waals surface area contributed by atoms with Crippen LogP contribution in [0.1, 0.15) is 78.3 Å². The monoisotopic (exact) mass is 568 g/mol. The molecule has 2 aliphatic heterocycles. The normalized spacial score (nSPS) is 16.3. The highest BCUT2D eigenvalue weighted by Gasteiger charge is 2.22. The van der Waals surface area contributed by atoms with Gasteiger partial charge >= 0.3 is 11.9 Å². The number of nitrogens with zero attached hydrogens (tertiary/aromatic N) is 2. The lowest BCUT2D eigenvalue weighted by Gasteiger charge is -2.23. The van der Waals surface area contributed by atoms with E-state index in [4.69, 9.17) is 40.0 Å². The molecule has 208 valence electrons. The van der Waals surface area contributed by atoms with Crippen molar-refractivity contribution in [1.82, 2.24) is 9.97 Å². The Kier molecular flexibility index (Phi) is 12.7. The third kappa shape index (κ3) is 8.62. The molecule has 2 aromatic heterocycles. The molecule has 4 rings (SSSR count). The highest BCUT2D eigenvalue weighted by Crippen LogP contribution is 2.29. The van der Waals surface area contributed by atoms with Crippen LogP contribution >= 0.6 is 23.4 Å². The smallest absolute Gasteiger partial charge is 0.358 e. The van der Waals surface area contributed by atoms with Crippen LogP contribution in [0, 0.1) is 0 Å². The van der Waals surface area contributed by atoms with Crippen molar-refractivity contribution in [3.63, 3.8) is 0 Å². The summed E-state index contributed by atoms with van der Waals surface area (Å²) < 4.78 is 31.8. The van der Waals surface area contributed by atoms with Crippen molar-refractivity contribution in [3.8, 4) is 0 Å². The first kappa shape index (κ1) is 30.3. The van der Waals surface area contributed by atoms with Gasteiger partial charge in [0, 0.05) is 28.4 Å². The molecule has 38 heavy (non-hydrogen) atoms. The first-order valence-corrected chi connectivity index (χ1v) is 13.9. The van der Waals surface area contributed by atoms with Crippen molar-refractivity contribution in [2.24, 2.45) is 0 Å². The second kappa shape index (κ2) is 16.0. The Balaban J connectivity index is 0.000000212. The van der Waals surface area contributed by atoms with Crippen molar-refractivity contribution in [3.05, 3.63) is 52.1 Å². The van der Waals surface area contributed by atoms with Gasteiger partial charge in [-0.05, 0) is 44.6 Å². The van der Waals surface area contributed by atoms with E-state index in [9.17, 15) is 9.59 Å². The van der Waals surface area contributed by atoms with Gasteiger partial charge in [0.25, 0.3) is 0 Å². The minimum Gasteiger partial charge on any atom is -0.461 e. The van der Waals surface area contributed by atoms with Gasteiger partial charge in [0.15, 0.2) is 24.0 Å². The molecule has 0 amide bonds. The Hall–Kier alpha value is -2.28. The minimum absolute atomic E-state index is 0.109. The molecule has 0 atom stereocenters. The molecule has 10 nitrogen and oxygen atoms in total. The maximum Gasteiger partial charge on any atom is 0.358 e. The van der Waals surface area contributed by atoms with Gasteiger partial charge < -0.3 is 28.4 Å². The maximum atomic E-state index is 11.9. The van der Waals surface area contributed by atoms with E-state index in [1.807, 2.05) is 13.0 Å². The lowest BCUT2D eigenvalue weighted by molar-refractivity contribution is -0.183. The van der Waals surface area contributed by atoms with E-state index in [-0.39, 0.29) is 29.6 Å². The van der Waals surface area contributed by atoms with Gasteiger partial charge in [-0.3, -0.25) is 0 Å². The van der Waals surface area contributed by atoms with Crippen LogP contribution in [0.5, 0.6) is 0 Å². The lowest BCUT2D eigenvalue weighted by atomic mass is 10.2. The number of halogens is 1. The Labute approximate surface area is 231 Å². The number of carbonyl (C=O) groups is 2. The van der Waals surface area contributed by atoms with Crippen molar-refractivity contribution in [2.75, 3.05) is 45.4 Å². The molecule has 2 saturated heterocycles. The number of aromatic nitrogens is 2. The van der Waals surface area contributed by atoms with Crippen molar-refractivity contribution in [2.45, 2.75) is 51.1 Å². The summed E-state index contributed by atoms with van der Waals surface area (Å²) in [6, 6.07) is 3.53. The average Bonchev–Trinajstić information content (AvgIpc) is 2.94. The molecule has 2 aliphatic rings. The van der Waals surface area contributed by atoms with E-state index in [0.717, 1.165) is 29.1 Å². The summed E-state index contributed by atoms with van der Waals surface area (Å²) in [4.78, 5) is 32.4. The van der Waals surface area contributed by atoms with Gasteiger partial charge in [0.05, 0.1) is 44.7 Å². The van der Waals surface area contributed by atoms with Gasteiger partial charge in [-0.2, -0.15) is 0 Å². The summed E-state index contributed by atoms with van der Waals surface area (Å²) in [6.07, 6.45) is 4.08. The molecule has 0 unspecified atom stereocenters. The number of hydrogen-bond donors (Lipinski definition) is 0. The van der Waals surface area contributed by atoms with E-state index in [1.54, 1.807) is 37.9 Å². The van der Waals surface area contributed by atoms with Gasteiger partial charge in [-0.15, -0.1) is 11.8 Å². The number of rotatable bonds is 8. The minimum atomic E-state index is -0.528. The van der Waals surface area contributed by atoms with Crippen molar-refractivity contribution < 1.29 is 38.0 Å². The fourth-order valence-electron chi connectivity index (χ4n) is 3.50. The number of esters is 2. The first-order valence-electron chi connectivity index (χ1n) is 12.6. The molecule has 0 N–H and O–H groups in total. The summed E-state index contributed by atoms with van der Waals surface area (Å²) in [5.41, 5.74) is 2.01. The second-order valence-electron chi connectivity index (χ2n) is 7.94. The molecule has 2 fully saturated rings. The third-order valence-corrected chi connectivity index (χ3v) is 6.37. The molecule has 0 saturated carbocycles. The summed E-state index contributed by atoms with van der Waals surface area (Å²) in [5, 5.41) is 0.240. The highest BCUT2D eigenvalue weighted by molar-refractivity contribution is 7.99. The fraction of sp³-hybridized carbons (Fsp3) is 0.538. The molecule has 0 radical (unpaired) electrons. The van der Waals surface area contributed by atoms with Crippen LogP contribution in [0.25, 0.3) is 0 Å². The number of thioether (sulfide) groups is 1. The van der Waals surface area contributed by atoms with Crippen molar-refractivity contribution >= 4 is 35.3 Å². The summed E-state index contributed by atoms with van der Waals surface area (Å²) in [5.74, 6) is -0.0655. The molecular formula is C26H33ClN2O8S. The van der Waals surface area contributed by atoms with Crippen LogP contribution in [0.15, 0.2) is 29.4 Å². The summed E-state index contributed by atoms with van der Waals surface area (Å²) in [7, 11) is 0. The van der Waals surface area contributed by atoms with Crippen LogP contribution in [0.2, 0.25) is 5.02 Å². The maximum absolute atomic E-state index is 11.9.